The van der Waals surface area contributed by atoms with Gasteiger partial charge in [0.1, 0.15) is 10.7 Å². The van der Waals surface area contributed by atoms with Gasteiger partial charge in [-0.05, 0) is 53.8 Å². The van der Waals surface area contributed by atoms with Crippen molar-refractivity contribution in [3.05, 3.63) is 89.7 Å². The van der Waals surface area contributed by atoms with E-state index in [9.17, 15) is 26.0 Å². The van der Waals surface area contributed by atoms with Crippen LogP contribution in [0.25, 0.3) is 11.1 Å². The zero-order chi connectivity index (χ0) is 23.6. The molecular weight excluding hydrogens is 454 g/mol. The lowest BCUT2D eigenvalue weighted by atomic mass is 10.0. The Balaban J connectivity index is 1.39. The van der Waals surface area contributed by atoms with Crippen LogP contribution < -0.4 is 0 Å². The molecule has 33 heavy (non-hydrogen) atoms. The van der Waals surface area contributed by atoms with Crippen LogP contribution in [0.1, 0.15) is 17.5 Å². The van der Waals surface area contributed by atoms with Gasteiger partial charge in [0.15, 0.2) is 9.84 Å². The van der Waals surface area contributed by atoms with Crippen LogP contribution in [-0.4, -0.2) is 32.2 Å². The van der Waals surface area contributed by atoms with Gasteiger partial charge in [-0.25, -0.2) is 12.8 Å². The highest BCUT2D eigenvalue weighted by Gasteiger charge is 2.34. The van der Waals surface area contributed by atoms with Crippen molar-refractivity contribution in [2.75, 3.05) is 18.8 Å². The Morgan fingerprint density at radius 1 is 0.909 bits per heavy atom. The van der Waals surface area contributed by atoms with Gasteiger partial charge in [-0.2, -0.15) is 13.2 Å². The summed E-state index contributed by atoms with van der Waals surface area (Å²) < 4.78 is 78.3. The first-order valence-electron chi connectivity index (χ1n) is 10.6. The summed E-state index contributed by atoms with van der Waals surface area (Å²) in [4.78, 5) is 1.23. The standard InChI is InChI=1S/C25H23F4NO2S/c26-23-11-10-22(25(27,28)29)14-24(23)33(31,32)17-19-12-13-30(16-19)15-18-6-8-21(9-7-18)20-4-2-1-3-5-20/h1-11,14,19H,12-13,15-17H2/t19-/m1/s1. The molecule has 0 unspecified atom stereocenters. The smallest absolute Gasteiger partial charge is 0.299 e. The topological polar surface area (TPSA) is 37.4 Å². The van der Waals surface area contributed by atoms with Gasteiger partial charge in [0, 0.05) is 13.1 Å². The highest BCUT2D eigenvalue weighted by Crippen LogP contribution is 2.33. The van der Waals surface area contributed by atoms with Crippen molar-refractivity contribution in [1.82, 2.24) is 4.90 Å². The fourth-order valence-electron chi connectivity index (χ4n) is 4.20. The number of hydrogen-bond acceptors (Lipinski definition) is 3. The van der Waals surface area contributed by atoms with Crippen LogP contribution in [0.5, 0.6) is 0 Å². The van der Waals surface area contributed by atoms with Gasteiger partial charge in [-0.3, -0.25) is 4.90 Å². The Labute approximate surface area is 190 Å². The molecule has 1 fully saturated rings. The van der Waals surface area contributed by atoms with Gasteiger partial charge < -0.3 is 0 Å². The van der Waals surface area contributed by atoms with Crippen LogP contribution in [0.15, 0.2) is 77.7 Å². The van der Waals surface area contributed by atoms with E-state index in [0.717, 1.165) is 16.7 Å². The molecule has 3 aromatic rings. The quantitative estimate of drug-likeness (QED) is 0.421. The van der Waals surface area contributed by atoms with E-state index < -0.39 is 32.3 Å². The van der Waals surface area contributed by atoms with E-state index >= 15 is 0 Å². The van der Waals surface area contributed by atoms with E-state index in [0.29, 0.717) is 44.3 Å². The molecular formula is C25H23F4NO2S. The van der Waals surface area contributed by atoms with E-state index in [1.807, 2.05) is 54.6 Å². The van der Waals surface area contributed by atoms with Crippen molar-refractivity contribution in [2.45, 2.75) is 24.0 Å². The molecule has 1 aliphatic heterocycles. The molecule has 8 heteroatoms. The number of nitrogens with zero attached hydrogens (tertiary/aromatic N) is 1. The number of benzene rings is 3. The van der Waals surface area contributed by atoms with Gasteiger partial charge in [0.2, 0.25) is 0 Å². The molecule has 0 radical (unpaired) electrons. The molecule has 1 saturated heterocycles. The van der Waals surface area contributed by atoms with E-state index in [2.05, 4.69) is 4.90 Å². The minimum Gasteiger partial charge on any atom is -0.299 e. The van der Waals surface area contributed by atoms with Crippen LogP contribution >= 0.6 is 0 Å². The lowest BCUT2D eigenvalue weighted by Gasteiger charge is -2.17. The largest absolute Gasteiger partial charge is 0.416 e. The third kappa shape index (κ3) is 5.62. The molecule has 1 atom stereocenters. The number of rotatable bonds is 6. The number of hydrogen-bond donors (Lipinski definition) is 0. The van der Waals surface area contributed by atoms with Crippen molar-refractivity contribution >= 4 is 9.84 Å². The zero-order valence-corrected chi connectivity index (χ0v) is 18.5. The fraction of sp³-hybridized carbons (Fsp3) is 0.280. The molecule has 0 bridgehead atoms. The van der Waals surface area contributed by atoms with E-state index in [-0.39, 0.29) is 11.7 Å². The molecule has 0 amide bonds. The van der Waals surface area contributed by atoms with Crippen molar-refractivity contribution in [3.8, 4) is 11.1 Å². The molecule has 174 valence electrons. The summed E-state index contributed by atoms with van der Waals surface area (Å²) in [5.41, 5.74) is 2.14. The maximum Gasteiger partial charge on any atom is 0.416 e. The van der Waals surface area contributed by atoms with Crippen LogP contribution in [0, 0.1) is 11.7 Å². The lowest BCUT2D eigenvalue weighted by Crippen LogP contribution is -2.23. The predicted octanol–water partition coefficient (Wildman–Crippen LogP) is 5.81. The Hall–Kier alpha value is -2.71. The van der Waals surface area contributed by atoms with Gasteiger partial charge in [-0.15, -0.1) is 0 Å². The second-order valence-electron chi connectivity index (χ2n) is 8.38. The summed E-state index contributed by atoms with van der Waals surface area (Å²) in [6.07, 6.45) is -4.15. The minimum absolute atomic E-state index is 0.271. The summed E-state index contributed by atoms with van der Waals surface area (Å²) in [6, 6.07) is 19.6. The summed E-state index contributed by atoms with van der Waals surface area (Å²) in [5.74, 6) is -1.81. The number of likely N-dealkylation sites (tertiary alicyclic amines) is 1. The van der Waals surface area contributed by atoms with Crippen LogP contribution in [0.3, 0.4) is 0 Å². The minimum atomic E-state index is -4.74. The molecule has 0 spiro atoms. The predicted molar refractivity (Wildman–Crippen MR) is 119 cm³/mol. The van der Waals surface area contributed by atoms with Crippen LogP contribution in [0.4, 0.5) is 17.6 Å². The fourth-order valence-corrected chi connectivity index (χ4v) is 5.95. The maximum absolute atomic E-state index is 14.1. The van der Waals surface area contributed by atoms with E-state index in [1.165, 1.54) is 0 Å². The third-order valence-corrected chi connectivity index (χ3v) is 7.78. The second-order valence-corrected chi connectivity index (χ2v) is 10.4. The summed E-state index contributed by atoms with van der Waals surface area (Å²) in [5, 5.41) is 0. The number of sulfone groups is 1. The summed E-state index contributed by atoms with van der Waals surface area (Å²) in [6.45, 7) is 1.80. The SMILES string of the molecule is O=S(=O)(C[C@@H]1CCN(Cc2ccc(-c3ccccc3)cc2)C1)c1cc(C(F)(F)F)ccc1F. The molecule has 4 rings (SSSR count). The molecule has 3 nitrogen and oxygen atoms in total. The summed E-state index contributed by atoms with van der Waals surface area (Å²) >= 11 is 0. The Morgan fingerprint density at radius 3 is 2.24 bits per heavy atom. The lowest BCUT2D eigenvalue weighted by molar-refractivity contribution is -0.137. The van der Waals surface area contributed by atoms with Crippen molar-refractivity contribution < 1.29 is 26.0 Å². The molecule has 0 N–H and O–H groups in total. The Morgan fingerprint density at radius 2 is 1.58 bits per heavy atom. The average molecular weight is 478 g/mol. The monoisotopic (exact) mass is 477 g/mol. The normalized spacial score (nSPS) is 17.4. The van der Waals surface area contributed by atoms with Gasteiger partial charge >= 0.3 is 6.18 Å². The maximum atomic E-state index is 14.1. The van der Waals surface area contributed by atoms with E-state index in [4.69, 9.17) is 0 Å². The number of halogens is 4. The van der Waals surface area contributed by atoms with Gasteiger partial charge in [-0.1, -0.05) is 54.6 Å². The Bertz CT molecular complexity index is 1210. The highest BCUT2D eigenvalue weighted by molar-refractivity contribution is 7.91. The van der Waals surface area contributed by atoms with Crippen molar-refractivity contribution in [2.24, 2.45) is 5.92 Å². The first kappa shape index (κ1) is 23.4. The second kappa shape index (κ2) is 9.27. The van der Waals surface area contributed by atoms with Crippen molar-refractivity contribution in [1.29, 1.82) is 0 Å². The summed E-state index contributed by atoms with van der Waals surface area (Å²) in [7, 11) is -4.19. The molecule has 0 aliphatic carbocycles. The molecule has 1 heterocycles. The van der Waals surface area contributed by atoms with Crippen LogP contribution in [0.2, 0.25) is 0 Å². The van der Waals surface area contributed by atoms with Crippen LogP contribution in [-0.2, 0) is 22.6 Å². The third-order valence-electron chi connectivity index (χ3n) is 5.89. The van der Waals surface area contributed by atoms with Gasteiger partial charge in [0.25, 0.3) is 0 Å². The first-order chi connectivity index (χ1) is 15.6. The molecule has 1 aliphatic rings. The zero-order valence-electron chi connectivity index (χ0n) is 17.7. The highest BCUT2D eigenvalue weighted by atomic mass is 32.2. The van der Waals surface area contributed by atoms with Crippen molar-refractivity contribution in [3.63, 3.8) is 0 Å². The van der Waals surface area contributed by atoms with Gasteiger partial charge in [0.05, 0.1) is 11.3 Å². The number of alkyl halides is 3. The van der Waals surface area contributed by atoms with E-state index in [1.54, 1.807) is 0 Å². The Kier molecular flexibility index (Phi) is 6.59. The molecule has 3 aromatic carbocycles. The average Bonchev–Trinajstić information content (AvgIpc) is 3.20. The molecule has 0 aromatic heterocycles. The molecule has 0 saturated carbocycles. The first-order valence-corrected chi connectivity index (χ1v) is 12.2.